The Labute approximate surface area is 149 Å². The van der Waals surface area contributed by atoms with Gasteiger partial charge in [0.2, 0.25) is 0 Å². The molecule has 1 heterocycles. The summed E-state index contributed by atoms with van der Waals surface area (Å²) in [6.07, 6.45) is 2.51. The van der Waals surface area contributed by atoms with Crippen molar-refractivity contribution < 1.29 is 14.3 Å². The molecule has 0 aliphatic carbocycles. The van der Waals surface area contributed by atoms with E-state index in [0.29, 0.717) is 12.5 Å². The Morgan fingerprint density at radius 2 is 2.08 bits per heavy atom. The Morgan fingerprint density at radius 1 is 1.40 bits per heavy atom. The first-order chi connectivity index (χ1) is 11.8. The molecular formula is C19H27N3O3. The van der Waals surface area contributed by atoms with Gasteiger partial charge in [-0.3, -0.25) is 4.79 Å². The van der Waals surface area contributed by atoms with Gasteiger partial charge >= 0.3 is 5.97 Å². The first-order valence-corrected chi connectivity index (χ1v) is 8.52. The van der Waals surface area contributed by atoms with Crippen LogP contribution >= 0.6 is 0 Å². The zero-order valence-electron chi connectivity index (χ0n) is 15.7. The van der Waals surface area contributed by atoms with Gasteiger partial charge in [0, 0.05) is 24.5 Å². The maximum absolute atomic E-state index is 12.1. The van der Waals surface area contributed by atoms with Gasteiger partial charge in [-0.05, 0) is 43.9 Å². The molecule has 1 aromatic rings. The highest BCUT2D eigenvalue weighted by Crippen LogP contribution is 2.19. The molecule has 6 nitrogen and oxygen atoms in total. The first kappa shape index (κ1) is 20.5. The van der Waals surface area contributed by atoms with Crippen LogP contribution in [-0.2, 0) is 20.9 Å². The molecule has 0 saturated heterocycles. The standard InChI is InChI=1S/C19H27N3O3/c1-6-7-22-14(4)8-16(15(22)5)9-17(10-20)19(24)25-12-18(23)21-11-13(2)3/h8-9,13H,6-7,11-12H2,1-5H3,(H,21,23). The molecule has 0 aliphatic rings. The van der Waals surface area contributed by atoms with Gasteiger partial charge in [-0.25, -0.2) is 4.79 Å². The Hall–Kier alpha value is -2.55. The van der Waals surface area contributed by atoms with Crippen LogP contribution in [0, 0.1) is 31.1 Å². The number of aryl methyl sites for hydroxylation is 1. The number of aromatic nitrogens is 1. The van der Waals surface area contributed by atoms with Gasteiger partial charge in [-0.2, -0.15) is 5.26 Å². The van der Waals surface area contributed by atoms with Crippen LogP contribution in [0.3, 0.4) is 0 Å². The third-order valence-corrected chi connectivity index (χ3v) is 3.74. The third kappa shape index (κ3) is 6.11. The fourth-order valence-electron chi connectivity index (χ4n) is 2.41. The van der Waals surface area contributed by atoms with Crippen LogP contribution in [-0.4, -0.2) is 29.6 Å². The van der Waals surface area contributed by atoms with Crippen molar-refractivity contribution in [3.63, 3.8) is 0 Å². The quantitative estimate of drug-likeness (QED) is 0.446. The van der Waals surface area contributed by atoms with E-state index in [0.717, 1.165) is 29.9 Å². The lowest BCUT2D eigenvalue weighted by molar-refractivity contribution is -0.144. The Balaban J connectivity index is 2.80. The van der Waals surface area contributed by atoms with Crippen LogP contribution < -0.4 is 5.32 Å². The van der Waals surface area contributed by atoms with E-state index in [1.807, 2.05) is 39.8 Å². The summed E-state index contributed by atoms with van der Waals surface area (Å²) in [6.45, 7) is 11.0. The largest absolute Gasteiger partial charge is 0.451 e. The molecule has 6 heteroatoms. The number of carbonyl (C=O) groups is 2. The number of nitriles is 1. The van der Waals surface area contributed by atoms with Crippen molar-refractivity contribution >= 4 is 18.0 Å². The van der Waals surface area contributed by atoms with Crippen molar-refractivity contribution in [2.75, 3.05) is 13.2 Å². The number of hydrogen-bond donors (Lipinski definition) is 1. The van der Waals surface area contributed by atoms with Gasteiger partial charge in [0.25, 0.3) is 5.91 Å². The number of esters is 1. The second-order valence-electron chi connectivity index (χ2n) is 6.42. The molecule has 1 N–H and O–H groups in total. The third-order valence-electron chi connectivity index (χ3n) is 3.74. The van der Waals surface area contributed by atoms with E-state index >= 15 is 0 Å². The van der Waals surface area contributed by atoms with Crippen LogP contribution in [0.5, 0.6) is 0 Å². The van der Waals surface area contributed by atoms with Crippen LogP contribution in [0.1, 0.15) is 44.1 Å². The number of amides is 1. The summed E-state index contributed by atoms with van der Waals surface area (Å²) in [6, 6.07) is 3.79. The van der Waals surface area contributed by atoms with E-state index in [4.69, 9.17) is 4.74 Å². The van der Waals surface area contributed by atoms with Gasteiger partial charge < -0.3 is 14.6 Å². The van der Waals surface area contributed by atoms with Gasteiger partial charge in [0.15, 0.2) is 6.61 Å². The zero-order valence-corrected chi connectivity index (χ0v) is 15.7. The molecule has 0 spiro atoms. The molecule has 136 valence electrons. The van der Waals surface area contributed by atoms with Crippen molar-refractivity contribution in [2.24, 2.45) is 5.92 Å². The number of nitrogens with zero attached hydrogens (tertiary/aromatic N) is 2. The van der Waals surface area contributed by atoms with E-state index in [2.05, 4.69) is 16.8 Å². The van der Waals surface area contributed by atoms with Crippen molar-refractivity contribution in [3.05, 3.63) is 28.6 Å². The van der Waals surface area contributed by atoms with E-state index in [-0.39, 0.29) is 18.1 Å². The van der Waals surface area contributed by atoms with Crippen molar-refractivity contribution in [1.29, 1.82) is 5.26 Å². The lowest BCUT2D eigenvalue weighted by Crippen LogP contribution is -2.31. The topological polar surface area (TPSA) is 84.1 Å². The molecule has 25 heavy (non-hydrogen) atoms. The molecule has 1 rings (SSSR count). The second-order valence-corrected chi connectivity index (χ2v) is 6.42. The predicted octanol–water partition coefficient (Wildman–Crippen LogP) is 2.74. The van der Waals surface area contributed by atoms with Crippen LogP contribution in [0.15, 0.2) is 11.6 Å². The summed E-state index contributed by atoms with van der Waals surface area (Å²) in [7, 11) is 0. The first-order valence-electron chi connectivity index (χ1n) is 8.52. The van der Waals surface area contributed by atoms with Crippen LogP contribution in [0.4, 0.5) is 0 Å². The predicted molar refractivity (Wildman–Crippen MR) is 96.6 cm³/mol. The Bertz CT molecular complexity index is 694. The number of ether oxygens (including phenoxy) is 1. The van der Waals surface area contributed by atoms with Crippen molar-refractivity contribution in [1.82, 2.24) is 9.88 Å². The normalized spacial score (nSPS) is 11.3. The van der Waals surface area contributed by atoms with Gasteiger partial charge in [0.1, 0.15) is 11.6 Å². The lowest BCUT2D eigenvalue weighted by Gasteiger charge is -2.08. The highest BCUT2D eigenvalue weighted by atomic mass is 16.5. The smallest absolute Gasteiger partial charge is 0.349 e. The maximum atomic E-state index is 12.1. The summed E-state index contributed by atoms with van der Waals surface area (Å²) in [4.78, 5) is 23.7. The average Bonchev–Trinajstić information content (AvgIpc) is 2.83. The fourth-order valence-corrected chi connectivity index (χ4v) is 2.41. The van der Waals surface area contributed by atoms with E-state index in [9.17, 15) is 14.9 Å². The molecule has 0 radical (unpaired) electrons. The molecule has 1 amide bonds. The van der Waals surface area contributed by atoms with Crippen molar-refractivity contribution in [2.45, 2.75) is 47.6 Å². The van der Waals surface area contributed by atoms with Crippen molar-refractivity contribution in [3.8, 4) is 6.07 Å². The molecule has 0 saturated carbocycles. The molecule has 0 bridgehead atoms. The second kappa shape index (κ2) is 9.67. The maximum Gasteiger partial charge on any atom is 0.349 e. The van der Waals surface area contributed by atoms with E-state index in [1.165, 1.54) is 6.08 Å². The number of nitrogens with one attached hydrogen (secondary N) is 1. The molecule has 0 atom stereocenters. The summed E-state index contributed by atoms with van der Waals surface area (Å²) >= 11 is 0. The molecule has 0 aromatic carbocycles. The van der Waals surface area contributed by atoms with Crippen LogP contribution in [0.25, 0.3) is 6.08 Å². The zero-order chi connectivity index (χ0) is 19.0. The summed E-state index contributed by atoms with van der Waals surface area (Å²) in [5.41, 5.74) is 2.76. The molecule has 0 unspecified atom stereocenters. The minimum Gasteiger partial charge on any atom is -0.451 e. The van der Waals surface area contributed by atoms with Gasteiger partial charge in [-0.1, -0.05) is 20.8 Å². The Kier molecular flexibility index (Phi) is 7.93. The van der Waals surface area contributed by atoms with E-state index < -0.39 is 5.97 Å². The highest BCUT2D eigenvalue weighted by Gasteiger charge is 2.15. The monoisotopic (exact) mass is 345 g/mol. The van der Waals surface area contributed by atoms with E-state index in [1.54, 1.807) is 0 Å². The number of rotatable bonds is 8. The summed E-state index contributed by atoms with van der Waals surface area (Å²) < 4.78 is 7.08. The molecule has 0 fully saturated rings. The fraction of sp³-hybridized carbons (Fsp3) is 0.526. The number of hydrogen-bond acceptors (Lipinski definition) is 4. The summed E-state index contributed by atoms with van der Waals surface area (Å²) in [5.74, 6) is -0.851. The minimum absolute atomic E-state index is 0.117. The van der Waals surface area contributed by atoms with Gasteiger partial charge in [-0.15, -0.1) is 0 Å². The molecule has 1 aromatic heterocycles. The minimum atomic E-state index is -0.789. The SMILES string of the molecule is CCCn1c(C)cc(C=C(C#N)C(=O)OCC(=O)NCC(C)C)c1C. The Morgan fingerprint density at radius 3 is 2.64 bits per heavy atom. The molecule has 0 aliphatic heterocycles. The lowest BCUT2D eigenvalue weighted by atomic mass is 10.1. The highest BCUT2D eigenvalue weighted by molar-refractivity contribution is 5.99. The summed E-state index contributed by atoms with van der Waals surface area (Å²) in [5, 5.41) is 11.9. The van der Waals surface area contributed by atoms with Gasteiger partial charge in [0.05, 0.1) is 0 Å². The molecular weight excluding hydrogens is 318 g/mol. The van der Waals surface area contributed by atoms with Crippen LogP contribution in [0.2, 0.25) is 0 Å². The average molecular weight is 345 g/mol. The number of carbonyl (C=O) groups excluding carboxylic acids is 2.